The second kappa shape index (κ2) is 7.06. The van der Waals surface area contributed by atoms with Crippen molar-refractivity contribution < 1.29 is 4.74 Å². The molecular formula is C17H27NO. The lowest BCUT2D eigenvalue weighted by Crippen LogP contribution is -2.41. The topological polar surface area (TPSA) is 21.3 Å². The van der Waals surface area contributed by atoms with Crippen LogP contribution in [-0.4, -0.2) is 25.3 Å². The molecule has 2 heteroatoms. The van der Waals surface area contributed by atoms with Crippen molar-refractivity contribution in [2.24, 2.45) is 0 Å². The number of rotatable bonds is 6. The van der Waals surface area contributed by atoms with Crippen molar-refractivity contribution in [3.8, 4) is 0 Å². The zero-order chi connectivity index (χ0) is 13.7. The Kier molecular flexibility index (Phi) is 5.41. The molecule has 106 valence electrons. The second-order valence-electron chi connectivity index (χ2n) is 5.75. The Morgan fingerprint density at radius 3 is 2.89 bits per heavy atom. The summed E-state index contributed by atoms with van der Waals surface area (Å²) in [4.78, 5) is 0. The molecule has 0 spiro atoms. The fourth-order valence-electron chi connectivity index (χ4n) is 2.84. The quantitative estimate of drug-likeness (QED) is 0.847. The Morgan fingerprint density at radius 2 is 2.21 bits per heavy atom. The summed E-state index contributed by atoms with van der Waals surface area (Å²) in [5.74, 6) is 0. The van der Waals surface area contributed by atoms with Crippen molar-refractivity contribution in [2.45, 2.75) is 58.6 Å². The average molecular weight is 261 g/mol. The van der Waals surface area contributed by atoms with Gasteiger partial charge in [0.1, 0.15) is 0 Å². The molecule has 2 nitrogen and oxygen atoms in total. The molecule has 1 fully saturated rings. The molecule has 0 amide bonds. The van der Waals surface area contributed by atoms with Crippen LogP contribution >= 0.6 is 0 Å². The van der Waals surface area contributed by atoms with E-state index in [0.29, 0.717) is 12.1 Å². The molecule has 1 aromatic rings. The second-order valence-corrected chi connectivity index (χ2v) is 5.75. The molecule has 0 bridgehead atoms. The van der Waals surface area contributed by atoms with Gasteiger partial charge < -0.3 is 10.1 Å². The van der Waals surface area contributed by atoms with Crippen molar-refractivity contribution in [1.82, 2.24) is 5.32 Å². The molecule has 2 rings (SSSR count). The first kappa shape index (κ1) is 14.5. The summed E-state index contributed by atoms with van der Waals surface area (Å²) < 4.78 is 5.89. The standard InChI is InChI=1S/C17H27NO/c1-4-9-18-16(17-6-5-10-19-17)12-15-11-13(2)7-8-14(15)3/h7-8,11,16-18H,4-6,9-10,12H2,1-3H3. The smallest absolute Gasteiger partial charge is 0.0732 e. The highest BCUT2D eigenvalue weighted by Crippen LogP contribution is 2.21. The lowest BCUT2D eigenvalue weighted by Gasteiger charge is -2.25. The minimum Gasteiger partial charge on any atom is -0.377 e. The largest absolute Gasteiger partial charge is 0.377 e. The van der Waals surface area contributed by atoms with Gasteiger partial charge in [-0.15, -0.1) is 0 Å². The number of benzene rings is 1. The van der Waals surface area contributed by atoms with Crippen LogP contribution in [0.15, 0.2) is 18.2 Å². The molecule has 1 saturated heterocycles. The molecule has 0 saturated carbocycles. The third-order valence-corrected chi connectivity index (χ3v) is 4.01. The van der Waals surface area contributed by atoms with E-state index in [9.17, 15) is 0 Å². The van der Waals surface area contributed by atoms with Crippen molar-refractivity contribution in [3.63, 3.8) is 0 Å². The third-order valence-electron chi connectivity index (χ3n) is 4.01. The van der Waals surface area contributed by atoms with Gasteiger partial charge in [-0.3, -0.25) is 0 Å². The molecule has 1 heterocycles. The minimum absolute atomic E-state index is 0.395. The van der Waals surface area contributed by atoms with Gasteiger partial charge >= 0.3 is 0 Å². The first-order valence-electron chi connectivity index (χ1n) is 7.62. The summed E-state index contributed by atoms with van der Waals surface area (Å²) >= 11 is 0. The highest BCUT2D eigenvalue weighted by atomic mass is 16.5. The average Bonchev–Trinajstić information content (AvgIpc) is 2.92. The first-order valence-corrected chi connectivity index (χ1v) is 7.62. The summed E-state index contributed by atoms with van der Waals surface area (Å²) in [5, 5.41) is 3.68. The maximum atomic E-state index is 5.89. The Bertz CT molecular complexity index is 396. The van der Waals surface area contributed by atoms with Gasteiger partial charge in [0, 0.05) is 12.6 Å². The highest BCUT2D eigenvalue weighted by Gasteiger charge is 2.25. The Morgan fingerprint density at radius 1 is 1.37 bits per heavy atom. The van der Waals surface area contributed by atoms with Crippen LogP contribution in [-0.2, 0) is 11.2 Å². The molecule has 0 aromatic heterocycles. The summed E-state index contributed by atoms with van der Waals surface area (Å²) in [6.07, 6.45) is 5.06. The molecule has 2 atom stereocenters. The van der Waals surface area contributed by atoms with Crippen LogP contribution in [0.2, 0.25) is 0 Å². The van der Waals surface area contributed by atoms with E-state index >= 15 is 0 Å². The van der Waals surface area contributed by atoms with Gasteiger partial charge in [0.25, 0.3) is 0 Å². The van der Waals surface area contributed by atoms with E-state index < -0.39 is 0 Å². The normalized spacial score (nSPS) is 20.7. The molecule has 1 aliphatic heterocycles. The van der Waals surface area contributed by atoms with Crippen LogP contribution < -0.4 is 5.32 Å². The Labute approximate surface area is 117 Å². The van der Waals surface area contributed by atoms with E-state index in [1.54, 1.807) is 0 Å². The van der Waals surface area contributed by atoms with Crippen LogP contribution in [0, 0.1) is 13.8 Å². The van der Waals surface area contributed by atoms with Crippen LogP contribution in [0.1, 0.15) is 42.9 Å². The number of nitrogens with one attached hydrogen (secondary N) is 1. The molecule has 2 unspecified atom stereocenters. The summed E-state index contributed by atoms with van der Waals surface area (Å²) in [6, 6.07) is 7.21. The predicted molar refractivity (Wildman–Crippen MR) is 80.7 cm³/mol. The maximum Gasteiger partial charge on any atom is 0.0732 e. The van der Waals surface area contributed by atoms with Crippen LogP contribution in [0.5, 0.6) is 0 Å². The molecule has 1 aromatic carbocycles. The third kappa shape index (κ3) is 4.05. The van der Waals surface area contributed by atoms with E-state index in [4.69, 9.17) is 4.74 Å². The summed E-state index contributed by atoms with van der Waals surface area (Å²) in [5.41, 5.74) is 4.21. The number of aryl methyl sites for hydroxylation is 2. The fraction of sp³-hybridized carbons (Fsp3) is 0.647. The first-order chi connectivity index (χ1) is 9.20. The number of hydrogen-bond acceptors (Lipinski definition) is 2. The van der Waals surface area contributed by atoms with E-state index in [1.807, 2.05) is 0 Å². The van der Waals surface area contributed by atoms with Gasteiger partial charge in [0.05, 0.1) is 6.10 Å². The van der Waals surface area contributed by atoms with Gasteiger partial charge in [-0.1, -0.05) is 30.7 Å². The SMILES string of the molecule is CCCNC(Cc1cc(C)ccc1C)C1CCCO1. The van der Waals surface area contributed by atoms with Crippen LogP contribution in [0.4, 0.5) is 0 Å². The van der Waals surface area contributed by atoms with Crippen molar-refractivity contribution in [1.29, 1.82) is 0 Å². The number of ether oxygens (including phenoxy) is 1. The molecule has 0 aliphatic carbocycles. The van der Waals surface area contributed by atoms with Crippen molar-refractivity contribution >= 4 is 0 Å². The number of hydrogen-bond donors (Lipinski definition) is 1. The Hall–Kier alpha value is -0.860. The van der Waals surface area contributed by atoms with Crippen molar-refractivity contribution in [3.05, 3.63) is 34.9 Å². The van der Waals surface area contributed by atoms with Gasteiger partial charge in [-0.25, -0.2) is 0 Å². The maximum absolute atomic E-state index is 5.89. The van der Waals surface area contributed by atoms with Crippen molar-refractivity contribution in [2.75, 3.05) is 13.2 Å². The predicted octanol–water partition coefficient (Wildman–Crippen LogP) is 3.39. The fourth-order valence-corrected chi connectivity index (χ4v) is 2.84. The zero-order valence-electron chi connectivity index (χ0n) is 12.5. The molecular weight excluding hydrogens is 234 g/mol. The lowest BCUT2D eigenvalue weighted by molar-refractivity contribution is 0.0783. The highest BCUT2D eigenvalue weighted by molar-refractivity contribution is 5.31. The molecule has 1 aliphatic rings. The van der Waals surface area contributed by atoms with Gasteiger partial charge in [-0.05, 0) is 57.2 Å². The monoisotopic (exact) mass is 261 g/mol. The van der Waals surface area contributed by atoms with E-state index in [2.05, 4.69) is 44.3 Å². The van der Waals surface area contributed by atoms with Gasteiger partial charge in [-0.2, -0.15) is 0 Å². The van der Waals surface area contributed by atoms with E-state index in [1.165, 1.54) is 36.0 Å². The minimum atomic E-state index is 0.395. The van der Waals surface area contributed by atoms with Gasteiger partial charge in [0.2, 0.25) is 0 Å². The molecule has 1 N–H and O–H groups in total. The lowest BCUT2D eigenvalue weighted by atomic mass is 9.95. The summed E-state index contributed by atoms with van der Waals surface area (Å²) in [7, 11) is 0. The molecule has 0 radical (unpaired) electrons. The summed E-state index contributed by atoms with van der Waals surface area (Å²) in [6.45, 7) is 8.61. The van der Waals surface area contributed by atoms with Gasteiger partial charge in [0.15, 0.2) is 0 Å². The zero-order valence-corrected chi connectivity index (χ0v) is 12.5. The molecule has 19 heavy (non-hydrogen) atoms. The van der Waals surface area contributed by atoms with Crippen LogP contribution in [0.3, 0.4) is 0 Å². The van der Waals surface area contributed by atoms with E-state index in [-0.39, 0.29) is 0 Å². The van der Waals surface area contributed by atoms with E-state index in [0.717, 1.165) is 19.6 Å². The van der Waals surface area contributed by atoms with Crippen LogP contribution in [0.25, 0.3) is 0 Å². The Balaban J connectivity index is 2.07.